The first-order chi connectivity index (χ1) is 7.50. The van der Waals surface area contributed by atoms with Crippen molar-refractivity contribution in [3.8, 4) is 0 Å². The smallest absolute Gasteiger partial charge is 0.208 e. The summed E-state index contributed by atoms with van der Waals surface area (Å²) in [6, 6.07) is 0.283. The molecule has 0 saturated carbocycles. The molecule has 0 radical (unpaired) electrons. The molecule has 1 aliphatic rings. The Balaban J connectivity index is 2.58. The standard InChI is InChI=1S/C12H26N4/c1-5-12(4)6-8-16(9-7-12)11(15-13)14-10(2)3/h10H,5-9,13H2,1-4H3,(H,14,15). The molecule has 0 aromatic rings. The van der Waals surface area contributed by atoms with E-state index in [1.807, 2.05) is 0 Å². The number of hydrazine groups is 1. The molecule has 0 aliphatic carbocycles. The second-order valence-corrected chi connectivity index (χ2v) is 5.34. The normalized spacial score (nSPS) is 21.4. The summed E-state index contributed by atoms with van der Waals surface area (Å²) in [7, 11) is 0. The van der Waals surface area contributed by atoms with Crippen molar-refractivity contribution in [2.75, 3.05) is 13.1 Å². The van der Waals surface area contributed by atoms with Crippen LogP contribution < -0.4 is 11.3 Å². The van der Waals surface area contributed by atoms with Gasteiger partial charge in [0.05, 0.1) is 0 Å². The van der Waals surface area contributed by atoms with Gasteiger partial charge >= 0.3 is 0 Å². The van der Waals surface area contributed by atoms with Gasteiger partial charge in [0.2, 0.25) is 5.96 Å². The lowest BCUT2D eigenvalue weighted by atomic mass is 9.78. The molecule has 16 heavy (non-hydrogen) atoms. The van der Waals surface area contributed by atoms with Gasteiger partial charge in [-0.15, -0.1) is 0 Å². The molecule has 94 valence electrons. The topological polar surface area (TPSA) is 53.6 Å². The monoisotopic (exact) mass is 226 g/mol. The zero-order valence-electron chi connectivity index (χ0n) is 11.1. The molecule has 0 unspecified atom stereocenters. The zero-order chi connectivity index (χ0) is 12.2. The van der Waals surface area contributed by atoms with Crippen LogP contribution >= 0.6 is 0 Å². The minimum atomic E-state index is 0.283. The summed E-state index contributed by atoms with van der Waals surface area (Å²) < 4.78 is 0. The summed E-state index contributed by atoms with van der Waals surface area (Å²) in [4.78, 5) is 6.76. The molecule has 0 spiro atoms. The molecule has 0 amide bonds. The van der Waals surface area contributed by atoms with E-state index in [0.717, 1.165) is 19.0 Å². The van der Waals surface area contributed by atoms with Crippen molar-refractivity contribution in [1.82, 2.24) is 10.3 Å². The van der Waals surface area contributed by atoms with Crippen LogP contribution in [-0.4, -0.2) is 30.0 Å². The van der Waals surface area contributed by atoms with Crippen molar-refractivity contribution in [3.05, 3.63) is 0 Å². The molecule has 1 saturated heterocycles. The van der Waals surface area contributed by atoms with Gasteiger partial charge in [0.1, 0.15) is 0 Å². The van der Waals surface area contributed by atoms with Crippen LogP contribution in [0.1, 0.15) is 47.0 Å². The van der Waals surface area contributed by atoms with Crippen LogP contribution in [0, 0.1) is 5.41 Å². The van der Waals surface area contributed by atoms with E-state index < -0.39 is 0 Å². The average molecular weight is 226 g/mol. The van der Waals surface area contributed by atoms with Gasteiger partial charge in [0, 0.05) is 19.1 Å². The van der Waals surface area contributed by atoms with Crippen LogP contribution in [0.25, 0.3) is 0 Å². The predicted molar refractivity (Wildman–Crippen MR) is 69.1 cm³/mol. The Bertz CT molecular complexity index is 239. The Kier molecular flexibility index (Phi) is 4.59. The number of nitrogens with two attached hydrogens (primary N) is 1. The molecule has 3 N–H and O–H groups in total. The van der Waals surface area contributed by atoms with Gasteiger partial charge in [-0.1, -0.05) is 20.3 Å². The minimum absolute atomic E-state index is 0.283. The molecular weight excluding hydrogens is 200 g/mol. The Morgan fingerprint density at radius 3 is 2.38 bits per heavy atom. The second-order valence-electron chi connectivity index (χ2n) is 5.34. The highest BCUT2D eigenvalue weighted by molar-refractivity contribution is 5.79. The number of piperidine rings is 1. The molecule has 1 rings (SSSR count). The highest BCUT2D eigenvalue weighted by atomic mass is 15.4. The van der Waals surface area contributed by atoms with Crippen LogP contribution in [0.4, 0.5) is 0 Å². The largest absolute Gasteiger partial charge is 0.342 e. The number of aliphatic imine (C=N–C) groups is 1. The minimum Gasteiger partial charge on any atom is -0.342 e. The number of nitrogens with one attached hydrogen (secondary N) is 1. The Morgan fingerprint density at radius 2 is 2.00 bits per heavy atom. The summed E-state index contributed by atoms with van der Waals surface area (Å²) in [6.07, 6.45) is 3.71. The van der Waals surface area contributed by atoms with Crippen molar-refractivity contribution in [3.63, 3.8) is 0 Å². The lowest BCUT2D eigenvalue weighted by Crippen LogP contribution is -2.50. The average Bonchev–Trinajstić information content (AvgIpc) is 2.27. The van der Waals surface area contributed by atoms with Crippen LogP contribution in [0.2, 0.25) is 0 Å². The van der Waals surface area contributed by atoms with Crippen LogP contribution in [-0.2, 0) is 0 Å². The first kappa shape index (κ1) is 13.3. The van der Waals surface area contributed by atoms with Gasteiger partial charge in [-0.05, 0) is 32.1 Å². The van der Waals surface area contributed by atoms with Crippen molar-refractivity contribution in [2.24, 2.45) is 16.3 Å². The fraction of sp³-hybridized carbons (Fsp3) is 0.917. The summed E-state index contributed by atoms with van der Waals surface area (Å²) >= 11 is 0. The molecule has 1 aliphatic heterocycles. The summed E-state index contributed by atoms with van der Waals surface area (Å²) in [5.41, 5.74) is 3.23. The Hall–Kier alpha value is -0.770. The SMILES string of the molecule is CCC1(C)CCN(C(=NC(C)C)NN)CC1. The highest BCUT2D eigenvalue weighted by Crippen LogP contribution is 2.33. The number of likely N-dealkylation sites (tertiary alicyclic amines) is 1. The molecule has 0 aromatic carbocycles. The highest BCUT2D eigenvalue weighted by Gasteiger charge is 2.29. The molecule has 0 atom stereocenters. The molecule has 4 nitrogen and oxygen atoms in total. The van der Waals surface area contributed by atoms with Gasteiger partial charge in [0.15, 0.2) is 0 Å². The second kappa shape index (κ2) is 5.53. The van der Waals surface area contributed by atoms with E-state index in [1.165, 1.54) is 19.3 Å². The number of hydrogen-bond donors (Lipinski definition) is 2. The maximum atomic E-state index is 5.53. The maximum Gasteiger partial charge on any atom is 0.208 e. The van der Waals surface area contributed by atoms with E-state index in [-0.39, 0.29) is 6.04 Å². The molecule has 0 bridgehead atoms. The van der Waals surface area contributed by atoms with E-state index in [9.17, 15) is 0 Å². The molecule has 4 heteroatoms. The van der Waals surface area contributed by atoms with Gasteiger partial charge < -0.3 is 4.90 Å². The number of rotatable bonds is 2. The Labute approximate surface area is 99.3 Å². The lowest BCUT2D eigenvalue weighted by molar-refractivity contribution is 0.159. The summed E-state index contributed by atoms with van der Waals surface area (Å²) in [6.45, 7) is 10.9. The number of nitrogens with zero attached hydrogens (tertiary/aromatic N) is 2. The van der Waals surface area contributed by atoms with Crippen LogP contribution in [0.5, 0.6) is 0 Å². The number of guanidine groups is 1. The van der Waals surface area contributed by atoms with Gasteiger partial charge in [0.25, 0.3) is 0 Å². The fourth-order valence-electron chi connectivity index (χ4n) is 2.07. The van der Waals surface area contributed by atoms with E-state index in [0.29, 0.717) is 5.41 Å². The number of hydrogen-bond acceptors (Lipinski definition) is 2. The van der Waals surface area contributed by atoms with Crippen molar-refractivity contribution in [1.29, 1.82) is 0 Å². The molecular formula is C12H26N4. The summed E-state index contributed by atoms with van der Waals surface area (Å²) in [5, 5.41) is 0. The fourth-order valence-corrected chi connectivity index (χ4v) is 2.07. The van der Waals surface area contributed by atoms with Crippen molar-refractivity contribution < 1.29 is 0 Å². The van der Waals surface area contributed by atoms with Crippen molar-refractivity contribution >= 4 is 5.96 Å². The van der Waals surface area contributed by atoms with Crippen molar-refractivity contribution in [2.45, 2.75) is 53.0 Å². The third-order valence-corrected chi connectivity index (χ3v) is 3.63. The zero-order valence-corrected chi connectivity index (χ0v) is 11.1. The third kappa shape index (κ3) is 3.37. The van der Waals surface area contributed by atoms with E-state index in [4.69, 9.17) is 5.84 Å². The van der Waals surface area contributed by atoms with E-state index >= 15 is 0 Å². The van der Waals surface area contributed by atoms with E-state index in [1.54, 1.807) is 0 Å². The quantitative estimate of drug-likeness (QED) is 0.326. The predicted octanol–water partition coefficient (Wildman–Crippen LogP) is 1.73. The lowest BCUT2D eigenvalue weighted by Gasteiger charge is -2.40. The first-order valence-electron chi connectivity index (χ1n) is 6.30. The molecule has 1 fully saturated rings. The van der Waals surface area contributed by atoms with Gasteiger partial charge in [-0.25, -0.2) is 10.8 Å². The van der Waals surface area contributed by atoms with Gasteiger partial charge in [-0.3, -0.25) is 5.43 Å². The first-order valence-corrected chi connectivity index (χ1v) is 6.30. The van der Waals surface area contributed by atoms with E-state index in [2.05, 4.69) is 43.0 Å². The summed E-state index contributed by atoms with van der Waals surface area (Å²) in [5.74, 6) is 6.37. The Morgan fingerprint density at radius 1 is 1.44 bits per heavy atom. The van der Waals surface area contributed by atoms with Gasteiger partial charge in [-0.2, -0.15) is 0 Å². The third-order valence-electron chi connectivity index (χ3n) is 3.63. The molecule has 1 heterocycles. The van der Waals surface area contributed by atoms with Crippen LogP contribution in [0.3, 0.4) is 0 Å². The maximum absolute atomic E-state index is 5.53. The molecule has 0 aromatic heterocycles. The van der Waals surface area contributed by atoms with Crippen LogP contribution in [0.15, 0.2) is 4.99 Å².